The lowest BCUT2D eigenvalue weighted by atomic mass is 10.1. The normalized spacial score (nSPS) is 12.2. The average Bonchev–Trinajstić information content (AvgIpc) is 2.39. The second-order valence-electron chi connectivity index (χ2n) is 4.13. The number of halogens is 1. The van der Waals surface area contributed by atoms with Crippen molar-refractivity contribution in [1.82, 2.24) is 9.97 Å². The molecule has 0 aliphatic carbocycles. The van der Waals surface area contributed by atoms with E-state index in [1.54, 1.807) is 7.11 Å². The van der Waals surface area contributed by atoms with E-state index in [1.165, 1.54) is 17.5 Å². The van der Waals surface area contributed by atoms with Crippen LogP contribution < -0.4 is 4.74 Å². The lowest BCUT2D eigenvalue weighted by molar-refractivity contribution is 0.396. The molecule has 1 aromatic heterocycles. The van der Waals surface area contributed by atoms with Crippen LogP contribution in [0.25, 0.3) is 0 Å². The molecule has 2 aromatic rings. The molecule has 0 saturated carbocycles. The van der Waals surface area contributed by atoms with Crippen LogP contribution in [0.4, 0.5) is 0 Å². The van der Waals surface area contributed by atoms with E-state index >= 15 is 0 Å². The van der Waals surface area contributed by atoms with E-state index in [0.29, 0.717) is 5.88 Å². The molecule has 0 amide bonds. The molecule has 0 bridgehead atoms. The summed E-state index contributed by atoms with van der Waals surface area (Å²) in [5, 5.41) is 0. The minimum Gasteiger partial charge on any atom is -0.481 e. The van der Waals surface area contributed by atoms with E-state index in [0.717, 1.165) is 12.1 Å². The van der Waals surface area contributed by atoms with Crippen molar-refractivity contribution in [3.05, 3.63) is 53.5 Å². The highest BCUT2D eigenvalue weighted by Crippen LogP contribution is 2.27. The summed E-state index contributed by atoms with van der Waals surface area (Å²) in [5.41, 5.74) is 3.48. The molecule has 3 nitrogen and oxygen atoms in total. The number of alkyl halides is 1. The first-order valence-corrected chi connectivity index (χ1v) is 6.66. The summed E-state index contributed by atoms with van der Waals surface area (Å²) in [6.45, 7) is 2.09. The molecular weight excluding hydrogens is 292 g/mol. The van der Waals surface area contributed by atoms with Crippen molar-refractivity contribution < 1.29 is 4.74 Å². The Morgan fingerprint density at radius 1 is 1.22 bits per heavy atom. The van der Waals surface area contributed by atoms with Gasteiger partial charge >= 0.3 is 0 Å². The van der Waals surface area contributed by atoms with Crippen molar-refractivity contribution in [2.75, 3.05) is 7.11 Å². The summed E-state index contributed by atoms with van der Waals surface area (Å²) >= 11 is 3.69. The standard InChI is InChI=1S/C14H15BrN2O/c1-10-3-5-11(6-4-10)13(15)7-12-8-14(18-2)17-9-16-12/h3-6,8-9,13H,7H2,1-2H3. The molecular formula is C14H15BrN2O. The minimum absolute atomic E-state index is 0.248. The maximum atomic E-state index is 5.09. The number of hydrogen-bond acceptors (Lipinski definition) is 3. The van der Waals surface area contributed by atoms with E-state index in [-0.39, 0.29) is 4.83 Å². The van der Waals surface area contributed by atoms with Gasteiger partial charge in [-0.25, -0.2) is 9.97 Å². The van der Waals surface area contributed by atoms with Crippen LogP contribution in [-0.4, -0.2) is 17.1 Å². The molecule has 0 N–H and O–H groups in total. The number of ether oxygens (including phenoxy) is 1. The van der Waals surface area contributed by atoms with Gasteiger partial charge in [0.15, 0.2) is 0 Å². The molecule has 0 spiro atoms. The zero-order valence-corrected chi connectivity index (χ0v) is 12.0. The van der Waals surface area contributed by atoms with Gasteiger partial charge in [-0.2, -0.15) is 0 Å². The Labute approximate surface area is 115 Å². The largest absolute Gasteiger partial charge is 0.481 e. The Hall–Kier alpha value is -1.42. The molecule has 0 saturated heterocycles. The van der Waals surface area contributed by atoms with Crippen LogP contribution in [-0.2, 0) is 6.42 Å². The highest BCUT2D eigenvalue weighted by Gasteiger charge is 2.10. The Morgan fingerprint density at radius 3 is 2.61 bits per heavy atom. The Bertz CT molecular complexity index is 513. The van der Waals surface area contributed by atoms with Gasteiger partial charge in [-0.15, -0.1) is 0 Å². The number of hydrogen-bond donors (Lipinski definition) is 0. The van der Waals surface area contributed by atoms with Crippen LogP contribution in [0.1, 0.15) is 21.6 Å². The van der Waals surface area contributed by atoms with Gasteiger partial charge in [0.25, 0.3) is 0 Å². The highest BCUT2D eigenvalue weighted by molar-refractivity contribution is 9.09. The van der Waals surface area contributed by atoms with E-state index in [1.807, 2.05) is 6.07 Å². The van der Waals surface area contributed by atoms with Crippen LogP contribution in [0, 0.1) is 6.92 Å². The molecule has 2 rings (SSSR count). The van der Waals surface area contributed by atoms with Crippen molar-refractivity contribution in [2.45, 2.75) is 18.2 Å². The van der Waals surface area contributed by atoms with E-state index < -0.39 is 0 Å². The summed E-state index contributed by atoms with van der Waals surface area (Å²) in [6.07, 6.45) is 2.34. The van der Waals surface area contributed by atoms with Gasteiger partial charge < -0.3 is 4.74 Å². The predicted molar refractivity (Wildman–Crippen MR) is 75.1 cm³/mol. The molecule has 18 heavy (non-hydrogen) atoms. The second kappa shape index (κ2) is 5.96. The highest BCUT2D eigenvalue weighted by atomic mass is 79.9. The molecule has 0 fully saturated rings. The van der Waals surface area contributed by atoms with Crippen molar-refractivity contribution in [3.8, 4) is 5.88 Å². The Kier molecular flexibility index (Phi) is 4.31. The predicted octanol–water partition coefficient (Wildman–Crippen LogP) is 3.47. The minimum atomic E-state index is 0.248. The quantitative estimate of drug-likeness (QED) is 0.811. The van der Waals surface area contributed by atoms with Gasteiger partial charge in [0.05, 0.1) is 7.11 Å². The average molecular weight is 307 g/mol. The summed E-state index contributed by atoms with van der Waals surface area (Å²) < 4.78 is 5.09. The number of benzene rings is 1. The number of methoxy groups -OCH3 is 1. The van der Waals surface area contributed by atoms with Crippen LogP contribution in [0.2, 0.25) is 0 Å². The molecule has 4 heteroatoms. The molecule has 0 radical (unpaired) electrons. The molecule has 1 atom stereocenters. The zero-order chi connectivity index (χ0) is 13.0. The molecule has 1 heterocycles. The third-order valence-electron chi connectivity index (χ3n) is 2.74. The van der Waals surface area contributed by atoms with Crippen molar-refractivity contribution >= 4 is 15.9 Å². The topological polar surface area (TPSA) is 35.0 Å². The van der Waals surface area contributed by atoms with E-state index in [9.17, 15) is 0 Å². The first-order chi connectivity index (χ1) is 8.69. The number of rotatable bonds is 4. The first kappa shape index (κ1) is 13.0. The van der Waals surface area contributed by atoms with Gasteiger partial charge in [0, 0.05) is 23.0 Å². The summed E-state index contributed by atoms with van der Waals surface area (Å²) in [4.78, 5) is 8.50. The number of nitrogens with zero attached hydrogens (tertiary/aromatic N) is 2. The SMILES string of the molecule is COc1cc(CC(Br)c2ccc(C)cc2)ncn1. The lowest BCUT2D eigenvalue weighted by Gasteiger charge is -2.10. The maximum Gasteiger partial charge on any atom is 0.216 e. The Morgan fingerprint density at radius 2 is 1.94 bits per heavy atom. The molecule has 94 valence electrons. The number of aryl methyl sites for hydroxylation is 1. The van der Waals surface area contributed by atoms with Crippen LogP contribution in [0.3, 0.4) is 0 Å². The fourth-order valence-electron chi connectivity index (χ4n) is 1.68. The number of aromatic nitrogens is 2. The van der Waals surface area contributed by atoms with Crippen LogP contribution >= 0.6 is 15.9 Å². The fraction of sp³-hybridized carbons (Fsp3) is 0.286. The van der Waals surface area contributed by atoms with Crippen molar-refractivity contribution in [3.63, 3.8) is 0 Å². The molecule has 0 aliphatic rings. The smallest absolute Gasteiger partial charge is 0.216 e. The second-order valence-corrected chi connectivity index (χ2v) is 5.24. The van der Waals surface area contributed by atoms with Gasteiger partial charge in [-0.1, -0.05) is 45.8 Å². The monoisotopic (exact) mass is 306 g/mol. The summed E-state index contributed by atoms with van der Waals surface area (Å²) in [6, 6.07) is 10.4. The fourth-order valence-corrected chi connectivity index (χ4v) is 2.31. The van der Waals surface area contributed by atoms with Crippen LogP contribution in [0.5, 0.6) is 5.88 Å². The van der Waals surface area contributed by atoms with Gasteiger partial charge in [-0.3, -0.25) is 0 Å². The zero-order valence-electron chi connectivity index (χ0n) is 10.4. The van der Waals surface area contributed by atoms with E-state index in [4.69, 9.17) is 4.74 Å². The van der Waals surface area contributed by atoms with Gasteiger partial charge in [0.2, 0.25) is 5.88 Å². The summed E-state index contributed by atoms with van der Waals surface area (Å²) in [5.74, 6) is 0.601. The molecule has 1 aromatic carbocycles. The van der Waals surface area contributed by atoms with E-state index in [2.05, 4.69) is 57.1 Å². The third kappa shape index (κ3) is 3.29. The van der Waals surface area contributed by atoms with Gasteiger partial charge in [-0.05, 0) is 12.5 Å². The maximum absolute atomic E-state index is 5.09. The molecule has 1 unspecified atom stereocenters. The Balaban J connectivity index is 2.10. The summed E-state index contributed by atoms with van der Waals surface area (Å²) in [7, 11) is 1.61. The van der Waals surface area contributed by atoms with Gasteiger partial charge in [0.1, 0.15) is 6.33 Å². The third-order valence-corrected chi connectivity index (χ3v) is 3.59. The van der Waals surface area contributed by atoms with Crippen molar-refractivity contribution in [1.29, 1.82) is 0 Å². The van der Waals surface area contributed by atoms with Crippen molar-refractivity contribution in [2.24, 2.45) is 0 Å². The molecule has 0 aliphatic heterocycles. The lowest BCUT2D eigenvalue weighted by Crippen LogP contribution is -1.99. The van der Waals surface area contributed by atoms with Crippen LogP contribution in [0.15, 0.2) is 36.7 Å². The first-order valence-electron chi connectivity index (χ1n) is 5.74.